The summed E-state index contributed by atoms with van der Waals surface area (Å²) in [5, 5.41) is 6.17. The first-order valence-electron chi connectivity index (χ1n) is 6.09. The van der Waals surface area contributed by atoms with Crippen molar-refractivity contribution in [2.24, 2.45) is 5.84 Å². The van der Waals surface area contributed by atoms with Gasteiger partial charge in [-0.2, -0.15) is 5.10 Å². The molecule has 0 saturated heterocycles. The molecule has 0 unspecified atom stereocenters. The first kappa shape index (κ1) is 13.5. The van der Waals surface area contributed by atoms with E-state index in [2.05, 4.69) is 10.1 Å². The van der Waals surface area contributed by atoms with E-state index in [1.165, 1.54) is 15.9 Å². The Morgan fingerprint density at radius 3 is 3.05 bits per heavy atom. The van der Waals surface area contributed by atoms with Crippen molar-refractivity contribution in [1.29, 1.82) is 0 Å². The van der Waals surface area contributed by atoms with Crippen LogP contribution in [0.3, 0.4) is 0 Å². The minimum absolute atomic E-state index is 0.157. The summed E-state index contributed by atoms with van der Waals surface area (Å²) in [5.41, 5.74) is 3.78. The molecule has 0 radical (unpaired) electrons. The Hall–Kier alpha value is -2.52. The van der Waals surface area contributed by atoms with Crippen LogP contribution in [0.2, 0.25) is 0 Å². The van der Waals surface area contributed by atoms with Crippen molar-refractivity contribution < 1.29 is 4.79 Å². The largest absolute Gasteiger partial charge is 0.306 e. The number of hydrazine groups is 1. The lowest BCUT2D eigenvalue weighted by atomic mass is 10.4. The molecule has 0 fully saturated rings. The minimum atomic E-state index is -0.444. The highest BCUT2D eigenvalue weighted by atomic mass is 32.1. The van der Waals surface area contributed by atoms with E-state index in [1.807, 2.05) is 12.3 Å². The maximum atomic E-state index is 12.3. The topological polar surface area (TPSA) is 107 Å². The molecule has 0 aliphatic rings. The van der Waals surface area contributed by atoms with Crippen molar-refractivity contribution in [2.75, 3.05) is 0 Å². The third-order valence-corrected chi connectivity index (χ3v) is 3.82. The van der Waals surface area contributed by atoms with Crippen LogP contribution in [0, 0.1) is 6.92 Å². The number of thiazole rings is 1. The van der Waals surface area contributed by atoms with E-state index in [0.717, 1.165) is 5.69 Å². The van der Waals surface area contributed by atoms with E-state index in [9.17, 15) is 9.59 Å². The highest BCUT2D eigenvalue weighted by Crippen LogP contribution is 2.10. The standard InChI is InChI=1S/C12H12N6O2S/c1-7-4-9-12(20)17(2-3-18(9)16-7)5-8-6-21-11(14-8)10(19)15-13/h2-4,6H,5,13H2,1H3,(H,15,19). The van der Waals surface area contributed by atoms with Gasteiger partial charge < -0.3 is 4.57 Å². The number of nitrogens with one attached hydrogen (secondary N) is 1. The number of carbonyl (C=O) groups excluding carboxylic acids is 1. The van der Waals surface area contributed by atoms with Crippen LogP contribution >= 0.6 is 11.3 Å². The summed E-state index contributed by atoms with van der Waals surface area (Å²) < 4.78 is 3.07. The van der Waals surface area contributed by atoms with Gasteiger partial charge in [-0.05, 0) is 13.0 Å². The number of nitrogens with two attached hydrogens (primary N) is 1. The Labute approximate surface area is 122 Å². The number of nitrogens with zero attached hydrogens (tertiary/aromatic N) is 4. The fraction of sp³-hybridized carbons (Fsp3) is 0.167. The Kier molecular flexibility index (Phi) is 3.28. The molecule has 3 N–H and O–H groups in total. The highest BCUT2D eigenvalue weighted by Gasteiger charge is 2.11. The molecule has 9 heteroatoms. The van der Waals surface area contributed by atoms with Crippen LogP contribution in [-0.2, 0) is 6.54 Å². The summed E-state index contributed by atoms with van der Waals surface area (Å²) in [6.45, 7) is 2.11. The van der Waals surface area contributed by atoms with Crippen LogP contribution in [0.15, 0.2) is 28.6 Å². The molecule has 0 aliphatic carbocycles. The lowest BCUT2D eigenvalue weighted by Crippen LogP contribution is -2.30. The summed E-state index contributed by atoms with van der Waals surface area (Å²) >= 11 is 1.18. The van der Waals surface area contributed by atoms with Crippen molar-refractivity contribution in [2.45, 2.75) is 13.5 Å². The molecule has 3 rings (SSSR count). The van der Waals surface area contributed by atoms with Crippen LogP contribution in [0.5, 0.6) is 0 Å². The average molecular weight is 304 g/mol. The van der Waals surface area contributed by atoms with Gasteiger partial charge >= 0.3 is 0 Å². The number of nitrogen functional groups attached to an aromatic ring is 1. The molecular formula is C12H12N6O2S. The molecule has 3 aromatic rings. The van der Waals surface area contributed by atoms with E-state index in [0.29, 0.717) is 11.2 Å². The Balaban J connectivity index is 1.94. The fourth-order valence-electron chi connectivity index (χ4n) is 1.99. The molecule has 108 valence electrons. The van der Waals surface area contributed by atoms with Gasteiger partial charge in [-0.1, -0.05) is 0 Å². The summed E-state index contributed by atoms with van der Waals surface area (Å²) in [7, 11) is 0. The molecular weight excluding hydrogens is 292 g/mol. The third-order valence-electron chi connectivity index (χ3n) is 2.94. The van der Waals surface area contributed by atoms with Crippen molar-refractivity contribution in [3.63, 3.8) is 0 Å². The quantitative estimate of drug-likeness (QED) is 0.399. The van der Waals surface area contributed by atoms with E-state index >= 15 is 0 Å². The van der Waals surface area contributed by atoms with Gasteiger partial charge in [-0.3, -0.25) is 15.0 Å². The maximum absolute atomic E-state index is 12.3. The third kappa shape index (κ3) is 2.43. The zero-order valence-corrected chi connectivity index (χ0v) is 11.9. The minimum Gasteiger partial charge on any atom is -0.306 e. The van der Waals surface area contributed by atoms with Crippen molar-refractivity contribution in [3.05, 3.63) is 50.6 Å². The number of rotatable bonds is 3. The molecule has 3 heterocycles. The summed E-state index contributed by atoms with van der Waals surface area (Å²) in [4.78, 5) is 27.8. The van der Waals surface area contributed by atoms with Crippen molar-refractivity contribution in [3.8, 4) is 0 Å². The van der Waals surface area contributed by atoms with Crippen LogP contribution < -0.4 is 16.8 Å². The number of hydrogen-bond acceptors (Lipinski definition) is 6. The molecule has 1 amide bonds. The predicted molar refractivity (Wildman–Crippen MR) is 77.1 cm³/mol. The molecule has 0 aromatic carbocycles. The SMILES string of the molecule is Cc1cc2c(=O)n(Cc3csc(C(=O)NN)n3)ccn2n1. The van der Waals surface area contributed by atoms with Gasteiger partial charge in [-0.15, -0.1) is 11.3 Å². The number of amides is 1. The zero-order valence-electron chi connectivity index (χ0n) is 11.1. The lowest BCUT2D eigenvalue weighted by molar-refractivity contribution is 0.0953. The molecule has 0 saturated carbocycles. The second kappa shape index (κ2) is 5.11. The zero-order chi connectivity index (χ0) is 15.0. The molecule has 0 atom stereocenters. The van der Waals surface area contributed by atoms with Gasteiger partial charge in [-0.25, -0.2) is 15.3 Å². The van der Waals surface area contributed by atoms with Crippen molar-refractivity contribution >= 4 is 22.8 Å². The van der Waals surface area contributed by atoms with E-state index in [4.69, 9.17) is 5.84 Å². The molecule has 21 heavy (non-hydrogen) atoms. The van der Waals surface area contributed by atoms with Crippen LogP contribution in [0.4, 0.5) is 0 Å². The van der Waals surface area contributed by atoms with Gasteiger partial charge in [0.05, 0.1) is 17.9 Å². The van der Waals surface area contributed by atoms with Crippen molar-refractivity contribution in [1.82, 2.24) is 24.6 Å². The van der Waals surface area contributed by atoms with Crippen LogP contribution in [0.1, 0.15) is 21.2 Å². The molecule has 3 aromatic heterocycles. The monoisotopic (exact) mass is 304 g/mol. The number of hydrogen-bond donors (Lipinski definition) is 2. The predicted octanol–water partition coefficient (Wildman–Crippen LogP) is -0.0873. The molecule has 8 nitrogen and oxygen atoms in total. The van der Waals surface area contributed by atoms with Gasteiger partial charge in [0.15, 0.2) is 5.01 Å². The van der Waals surface area contributed by atoms with E-state index in [-0.39, 0.29) is 17.1 Å². The first-order valence-corrected chi connectivity index (χ1v) is 6.97. The summed E-state index contributed by atoms with van der Waals surface area (Å²) in [5.74, 6) is 4.61. The number of aromatic nitrogens is 4. The lowest BCUT2D eigenvalue weighted by Gasteiger charge is -2.03. The smallest absolute Gasteiger partial charge is 0.294 e. The Morgan fingerprint density at radius 2 is 2.29 bits per heavy atom. The van der Waals surface area contributed by atoms with Gasteiger partial charge in [0.25, 0.3) is 11.5 Å². The molecule has 0 bridgehead atoms. The summed E-state index contributed by atoms with van der Waals surface area (Å²) in [6, 6.07) is 1.73. The number of aryl methyl sites for hydroxylation is 1. The maximum Gasteiger partial charge on any atom is 0.294 e. The normalized spacial score (nSPS) is 11.0. The average Bonchev–Trinajstić information content (AvgIpc) is 3.07. The molecule has 0 spiro atoms. The van der Waals surface area contributed by atoms with Gasteiger partial charge in [0, 0.05) is 17.8 Å². The first-order chi connectivity index (χ1) is 10.1. The van der Waals surface area contributed by atoms with Gasteiger partial charge in [0.1, 0.15) is 5.52 Å². The Morgan fingerprint density at radius 1 is 1.48 bits per heavy atom. The van der Waals surface area contributed by atoms with E-state index < -0.39 is 5.91 Å². The van der Waals surface area contributed by atoms with Crippen LogP contribution in [0.25, 0.3) is 5.52 Å². The second-order valence-corrected chi connectivity index (χ2v) is 5.32. The summed E-state index contributed by atoms with van der Waals surface area (Å²) in [6.07, 6.45) is 3.35. The van der Waals surface area contributed by atoms with Crippen LogP contribution in [-0.4, -0.2) is 25.1 Å². The number of carbonyl (C=O) groups is 1. The van der Waals surface area contributed by atoms with Gasteiger partial charge in [0.2, 0.25) is 0 Å². The number of fused-ring (bicyclic) bond motifs is 1. The second-order valence-electron chi connectivity index (χ2n) is 4.46. The Bertz CT molecular complexity index is 877. The fourth-order valence-corrected chi connectivity index (χ4v) is 2.70. The van der Waals surface area contributed by atoms with E-state index in [1.54, 1.807) is 28.4 Å². The highest BCUT2D eigenvalue weighted by molar-refractivity contribution is 7.11. The molecule has 0 aliphatic heterocycles.